The lowest BCUT2D eigenvalue weighted by Gasteiger charge is -2.39. The zero-order chi connectivity index (χ0) is 22.3. The van der Waals surface area contributed by atoms with Crippen molar-refractivity contribution in [2.45, 2.75) is 91.4 Å². The number of carboxylic acid groups (broad SMARTS) is 1. The Balaban J connectivity index is 2.97. The molecule has 1 aliphatic rings. The largest absolute Gasteiger partial charge is 0.478 e. The fraction of sp³-hybridized carbons (Fsp3) is 0.773. The molecule has 7 heteroatoms. The van der Waals surface area contributed by atoms with Crippen LogP contribution in [0.2, 0.25) is 0 Å². The van der Waals surface area contributed by atoms with Gasteiger partial charge in [0.25, 0.3) is 0 Å². The Kier molecular flexibility index (Phi) is 9.83. The third-order valence-corrected chi connectivity index (χ3v) is 5.78. The normalized spacial score (nSPS) is 20.4. The van der Waals surface area contributed by atoms with E-state index in [1.165, 1.54) is 6.92 Å². The van der Waals surface area contributed by atoms with E-state index in [0.29, 0.717) is 6.42 Å². The first-order chi connectivity index (χ1) is 13.5. The predicted molar refractivity (Wildman–Crippen MR) is 114 cm³/mol. The summed E-state index contributed by atoms with van der Waals surface area (Å²) in [4.78, 5) is 41.2. The van der Waals surface area contributed by atoms with Crippen molar-refractivity contribution in [3.8, 4) is 0 Å². The maximum absolute atomic E-state index is 13.2. The van der Waals surface area contributed by atoms with Gasteiger partial charge in [0.2, 0.25) is 11.8 Å². The van der Waals surface area contributed by atoms with Gasteiger partial charge < -0.3 is 15.3 Å². The number of hydrogen-bond acceptors (Lipinski definition) is 4. The van der Waals surface area contributed by atoms with Gasteiger partial charge in [-0.25, -0.2) is 4.79 Å². The summed E-state index contributed by atoms with van der Waals surface area (Å²) in [6, 6.07) is -0.913. The standard InChI is InChI=1S/C22H39N3O4/c1-8-17(13-16(6)22(28)29)24(7)21(27)19(14(2)3)23-20(26)18-11-9-10-12-25(18)15(4)5/h13-15,17-19H,8-12H2,1-7H3,(H,23,26)(H,28,29)/t17?,18-,19+/m1/s1. The van der Waals surface area contributed by atoms with Crippen LogP contribution in [0, 0.1) is 5.92 Å². The van der Waals surface area contributed by atoms with E-state index >= 15 is 0 Å². The molecule has 1 saturated heterocycles. The fourth-order valence-electron chi connectivity index (χ4n) is 3.86. The van der Waals surface area contributed by atoms with Crippen LogP contribution in [0.15, 0.2) is 11.6 Å². The summed E-state index contributed by atoms with van der Waals surface area (Å²) in [5.74, 6) is -1.36. The molecule has 1 unspecified atom stereocenters. The molecule has 0 aromatic rings. The average molecular weight is 410 g/mol. The number of likely N-dealkylation sites (tertiary alicyclic amines) is 1. The highest BCUT2D eigenvalue weighted by molar-refractivity contribution is 5.90. The molecule has 2 amide bonds. The van der Waals surface area contributed by atoms with Crippen molar-refractivity contribution in [3.63, 3.8) is 0 Å². The second kappa shape index (κ2) is 11.3. The monoisotopic (exact) mass is 409 g/mol. The minimum absolute atomic E-state index is 0.0768. The van der Waals surface area contributed by atoms with Crippen LogP contribution in [0.1, 0.15) is 67.2 Å². The molecule has 1 rings (SSSR count). The van der Waals surface area contributed by atoms with Gasteiger partial charge in [0.15, 0.2) is 0 Å². The number of likely N-dealkylation sites (N-methyl/N-ethyl adjacent to an activating group) is 1. The highest BCUT2D eigenvalue weighted by atomic mass is 16.4. The van der Waals surface area contributed by atoms with Crippen LogP contribution in [0.4, 0.5) is 0 Å². The summed E-state index contributed by atoms with van der Waals surface area (Å²) in [5, 5.41) is 12.1. The van der Waals surface area contributed by atoms with Crippen molar-refractivity contribution < 1.29 is 19.5 Å². The molecule has 0 aromatic carbocycles. The van der Waals surface area contributed by atoms with Gasteiger partial charge >= 0.3 is 5.97 Å². The molecule has 0 aliphatic carbocycles. The Bertz CT molecular complexity index is 615. The molecule has 1 heterocycles. The number of hydrogen-bond donors (Lipinski definition) is 2. The highest BCUT2D eigenvalue weighted by Crippen LogP contribution is 2.21. The van der Waals surface area contributed by atoms with Gasteiger partial charge in [0.1, 0.15) is 6.04 Å². The molecule has 1 fully saturated rings. The van der Waals surface area contributed by atoms with Gasteiger partial charge in [-0.1, -0.05) is 33.3 Å². The molecule has 0 aromatic heterocycles. The smallest absolute Gasteiger partial charge is 0.331 e. The van der Waals surface area contributed by atoms with Crippen LogP contribution in [0.25, 0.3) is 0 Å². The molecule has 29 heavy (non-hydrogen) atoms. The van der Waals surface area contributed by atoms with Crippen LogP contribution < -0.4 is 5.32 Å². The topological polar surface area (TPSA) is 90.0 Å². The van der Waals surface area contributed by atoms with E-state index in [4.69, 9.17) is 5.11 Å². The Labute approximate surface area is 175 Å². The van der Waals surface area contributed by atoms with Gasteiger partial charge in [-0.3, -0.25) is 14.5 Å². The van der Waals surface area contributed by atoms with Crippen molar-refractivity contribution in [2.24, 2.45) is 5.92 Å². The first kappa shape index (κ1) is 25.1. The minimum Gasteiger partial charge on any atom is -0.478 e. The van der Waals surface area contributed by atoms with E-state index in [0.717, 1.165) is 25.8 Å². The number of nitrogens with one attached hydrogen (secondary N) is 1. The first-order valence-corrected chi connectivity index (χ1v) is 10.8. The van der Waals surface area contributed by atoms with Crippen molar-refractivity contribution in [1.29, 1.82) is 0 Å². The van der Waals surface area contributed by atoms with Crippen molar-refractivity contribution in [1.82, 2.24) is 15.1 Å². The maximum Gasteiger partial charge on any atom is 0.331 e. The lowest BCUT2D eigenvalue weighted by Crippen LogP contribution is -2.58. The quantitative estimate of drug-likeness (QED) is 0.572. The fourth-order valence-corrected chi connectivity index (χ4v) is 3.86. The van der Waals surface area contributed by atoms with Gasteiger partial charge in [-0.2, -0.15) is 0 Å². The molecule has 166 valence electrons. The van der Waals surface area contributed by atoms with Crippen LogP contribution in [-0.4, -0.2) is 70.4 Å². The lowest BCUT2D eigenvalue weighted by atomic mass is 9.97. The lowest BCUT2D eigenvalue weighted by molar-refractivity contribution is -0.140. The second-order valence-electron chi connectivity index (χ2n) is 8.65. The van der Waals surface area contributed by atoms with E-state index in [1.54, 1.807) is 18.0 Å². The molecular weight excluding hydrogens is 370 g/mol. The average Bonchev–Trinajstić information content (AvgIpc) is 2.68. The maximum atomic E-state index is 13.2. The van der Waals surface area contributed by atoms with E-state index in [9.17, 15) is 14.4 Å². The molecule has 0 radical (unpaired) electrons. The third kappa shape index (κ3) is 6.84. The molecule has 7 nitrogen and oxygen atoms in total. The Morgan fingerprint density at radius 3 is 2.31 bits per heavy atom. The Morgan fingerprint density at radius 2 is 1.83 bits per heavy atom. The molecule has 0 bridgehead atoms. The summed E-state index contributed by atoms with van der Waals surface area (Å²) >= 11 is 0. The number of amides is 2. The molecule has 2 N–H and O–H groups in total. The molecule has 0 saturated carbocycles. The number of piperidine rings is 1. The van der Waals surface area contributed by atoms with Crippen molar-refractivity contribution in [3.05, 3.63) is 11.6 Å². The zero-order valence-electron chi connectivity index (χ0n) is 19.1. The summed E-state index contributed by atoms with van der Waals surface area (Å²) in [6.45, 7) is 12.3. The number of carbonyl (C=O) groups excluding carboxylic acids is 2. The Morgan fingerprint density at radius 1 is 1.21 bits per heavy atom. The van der Waals surface area contributed by atoms with E-state index < -0.39 is 12.0 Å². The van der Waals surface area contributed by atoms with Gasteiger partial charge in [-0.05, 0) is 52.5 Å². The van der Waals surface area contributed by atoms with Gasteiger partial charge in [0.05, 0.1) is 12.1 Å². The second-order valence-corrected chi connectivity index (χ2v) is 8.65. The van der Waals surface area contributed by atoms with Gasteiger partial charge in [-0.15, -0.1) is 0 Å². The van der Waals surface area contributed by atoms with Crippen LogP contribution in [-0.2, 0) is 14.4 Å². The highest BCUT2D eigenvalue weighted by Gasteiger charge is 2.35. The number of rotatable bonds is 9. The number of carboxylic acids is 1. The number of aliphatic carboxylic acids is 1. The third-order valence-electron chi connectivity index (χ3n) is 5.78. The first-order valence-electron chi connectivity index (χ1n) is 10.8. The number of carbonyl (C=O) groups is 3. The summed E-state index contributed by atoms with van der Waals surface area (Å²) < 4.78 is 0. The molecule has 0 spiro atoms. The predicted octanol–water partition coefficient (Wildman–Crippen LogP) is 2.66. The SMILES string of the molecule is CCC(C=C(C)C(=O)O)N(C)C(=O)[C@@H](NC(=O)[C@H]1CCCCN1C(C)C)C(C)C. The van der Waals surface area contributed by atoms with E-state index in [-0.39, 0.29) is 41.4 Å². The minimum atomic E-state index is -0.996. The van der Waals surface area contributed by atoms with Crippen LogP contribution in [0.5, 0.6) is 0 Å². The van der Waals surface area contributed by atoms with Crippen LogP contribution >= 0.6 is 0 Å². The number of nitrogens with zero attached hydrogens (tertiary/aromatic N) is 2. The van der Waals surface area contributed by atoms with Crippen LogP contribution in [0.3, 0.4) is 0 Å². The van der Waals surface area contributed by atoms with E-state index in [1.807, 2.05) is 20.8 Å². The summed E-state index contributed by atoms with van der Waals surface area (Å²) in [7, 11) is 1.67. The van der Waals surface area contributed by atoms with E-state index in [2.05, 4.69) is 24.1 Å². The molecule has 1 aliphatic heterocycles. The summed E-state index contributed by atoms with van der Waals surface area (Å²) in [6.07, 6.45) is 5.09. The van der Waals surface area contributed by atoms with Gasteiger partial charge in [0, 0.05) is 18.7 Å². The zero-order valence-corrected chi connectivity index (χ0v) is 19.1. The molecule has 3 atom stereocenters. The van der Waals surface area contributed by atoms with Crippen molar-refractivity contribution in [2.75, 3.05) is 13.6 Å². The Hall–Kier alpha value is -1.89. The summed E-state index contributed by atoms with van der Waals surface area (Å²) in [5.41, 5.74) is 0.205. The molecular formula is C22H39N3O4. The van der Waals surface area contributed by atoms with Crippen molar-refractivity contribution >= 4 is 17.8 Å².